The Kier molecular flexibility index (Phi) is 5.54. The van der Waals surface area contributed by atoms with Crippen LogP contribution in [-0.2, 0) is 20.7 Å². The molecule has 1 amide bonds. The fourth-order valence-corrected chi connectivity index (χ4v) is 2.78. The van der Waals surface area contributed by atoms with Crippen LogP contribution >= 0.6 is 0 Å². The first-order chi connectivity index (χ1) is 10.9. The summed E-state index contributed by atoms with van der Waals surface area (Å²) in [7, 11) is 1.27. The lowest BCUT2D eigenvalue weighted by molar-refractivity contribution is -0.121. The Balaban J connectivity index is 2.10. The molecule has 126 valence electrons. The molecule has 0 radical (unpaired) electrons. The van der Waals surface area contributed by atoms with Gasteiger partial charge in [0.25, 0.3) is 0 Å². The monoisotopic (exact) mass is 322 g/mol. The standard InChI is InChI=1S/C16H22N2O5/c1-9-14(16(21)22-3)12(18-15(9)10(2)19)7-13(20)17-8-11-5-4-6-23-11/h11,18H,4-8H2,1-3H3,(H,17,20)/t11-/m0/s1. The second kappa shape index (κ2) is 7.41. The molecule has 7 nitrogen and oxygen atoms in total. The highest BCUT2D eigenvalue weighted by atomic mass is 16.5. The van der Waals surface area contributed by atoms with E-state index in [9.17, 15) is 14.4 Å². The van der Waals surface area contributed by atoms with Crippen molar-refractivity contribution in [3.8, 4) is 0 Å². The minimum atomic E-state index is -0.562. The number of hydrogen-bond acceptors (Lipinski definition) is 5. The molecular weight excluding hydrogens is 300 g/mol. The molecule has 1 aromatic heterocycles. The van der Waals surface area contributed by atoms with Gasteiger partial charge < -0.3 is 19.8 Å². The Morgan fingerprint density at radius 1 is 1.39 bits per heavy atom. The molecule has 7 heteroatoms. The highest BCUT2D eigenvalue weighted by Crippen LogP contribution is 2.20. The van der Waals surface area contributed by atoms with E-state index in [1.807, 2.05) is 0 Å². The van der Waals surface area contributed by atoms with Crippen molar-refractivity contribution in [1.82, 2.24) is 10.3 Å². The average Bonchev–Trinajstić information content (AvgIpc) is 3.12. The molecule has 2 rings (SSSR count). The first-order valence-corrected chi connectivity index (χ1v) is 7.63. The predicted molar refractivity (Wildman–Crippen MR) is 82.6 cm³/mol. The van der Waals surface area contributed by atoms with Gasteiger partial charge in [0.05, 0.1) is 30.9 Å². The molecular formula is C16H22N2O5. The van der Waals surface area contributed by atoms with Gasteiger partial charge in [-0.25, -0.2) is 4.79 Å². The Labute approximate surface area is 134 Å². The number of Topliss-reactive ketones (excluding diaryl/α,β-unsaturated/α-hetero) is 1. The number of hydrogen-bond donors (Lipinski definition) is 2. The van der Waals surface area contributed by atoms with Gasteiger partial charge in [0.15, 0.2) is 5.78 Å². The largest absolute Gasteiger partial charge is 0.465 e. The van der Waals surface area contributed by atoms with E-state index in [4.69, 9.17) is 9.47 Å². The zero-order chi connectivity index (χ0) is 17.0. The predicted octanol–water partition coefficient (Wildman–Crippen LogP) is 1.15. The molecule has 0 aromatic carbocycles. The second-order valence-electron chi connectivity index (χ2n) is 5.64. The van der Waals surface area contributed by atoms with Gasteiger partial charge in [0, 0.05) is 25.8 Å². The molecule has 1 aliphatic rings. The van der Waals surface area contributed by atoms with Crippen molar-refractivity contribution in [2.75, 3.05) is 20.3 Å². The summed E-state index contributed by atoms with van der Waals surface area (Å²) in [6.07, 6.45) is 1.97. The van der Waals surface area contributed by atoms with Crippen molar-refractivity contribution in [3.05, 3.63) is 22.5 Å². The minimum absolute atomic E-state index is 0.0225. The Hall–Kier alpha value is -2.15. The Morgan fingerprint density at radius 2 is 2.13 bits per heavy atom. The molecule has 23 heavy (non-hydrogen) atoms. The van der Waals surface area contributed by atoms with Crippen molar-refractivity contribution in [2.45, 2.75) is 39.2 Å². The highest BCUT2D eigenvalue weighted by molar-refractivity contribution is 6.01. The zero-order valence-electron chi connectivity index (χ0n) is 13.7. The van der Waals surface area contributed by atoms with Gasteiger partial charge in [-0.3, -0.25) is 9.59 Å². The number of nitrogens with one attached hydrogen (secondary N) is 2. The zero-order valence-corrected chi connectivity index (χ0v) is 13.7. The van der Waals surface area contributed by atoms with E-state index in [0.717, 1.165) is 19.4 Å². The molecule has 1 fully saturated rings. The van der Waals surface area contributed by atoms with E-state index in [1.165, 1.54) is 14.0 Å². The SMILES string of the molecule is COC(=O)c1c(CC(=O)NC[C@@H]2CCCO2)[nH]c(C(C)=O)c1C. The summed E-state index contributed by atoms with van der Waals surface area (Å²) < 4.78 is 10.2. The van der Waals surface area contributed by atoms with Crippen LogP contribution in [0.15, 0.2) is 0 Å². The molecule has 0 aliphatic carbocycles. The van der Waals surface area contributed by atoms with Crippen molar-refractivity contribution in [1.29, 1.82) is 0 Å². The molecule has 0 saturated carbocycles. The third kappa shape index (κ3) is 3.98. The van der Waals surface area contributed by atoms with Crippen LogP contribution in [0.3, 0.4) is 0 Å². The highest BCUT2D eigenvalue weighted by Gasteiger charge is 2.24. The van der Waals surface area contributed by atoms with Crippen LogP contribution in [0.1, 0.15) is 51.9 Å². The van der Waals surface area contributed by atoms with Crippen LogP contribution < -0.4 is 5.32 Å². The van der Waals surface area contributed by atoms with E-state index in [0.29, 0.717) is 23.5 Å². The molecule has 0 spiro atoms. The molecule has 2 N–H and O–H groups in total. The summed E-state index contributed by atoms with van der Waals surface area (Å²) in [6.45, 7) is 4.24. The minimum Gasteiger partial charge on any atom is -0.465 e. The number of methoxy groups -OCH3 is 1. The van der Waals surface area contributed by atoms with E-state index >= 15 is 0 Å². The van der Waals surface area contributed by atoms with Crippen molar-refractivity contribution >= 4 is 17.7 Å². The summed E-state index contributed by atoms with van der Waals surface area (Å²) in [5, 5.41) is 2.79. The van der Waals surface area contributed by atoms with Gasteiger partial charge in [-0.1, -0.05) is 0 Å². The van der Waals surface area contributed by atoms with Crippen LogP contribution in [0, 0.1) is 6.92 Å². The van der Waals surface area contributed by atoms with Crippen LogP contribution in [-0.4, -0.2) is 49.0 Å². The van der Waals surface area contributed by atoms with Crippen LogP contribution in [0.2, 0.25) is 0 Å². The maximum absolute atomic E-state index is 12.1. The number of amides is 1. The van der Waals surface area contributed by atoms with Crippen molar-refractivity contribution < 1.29 is 23.9 Å². The lowest BCUT2D eigenvalue weighted by Crippen LogP contribution is -2.33. The van der Waals surface area contributed by atoms with E-state index < -0.39 is 5.97 Å². The fourth-order valence-electron chi connectivity index (χ4n) is 2.78. The third-order valence-corrected chi connectivity index (χ3v) is 3.96. The number of carbonyl (C=O) groups excluding carboxylic acids is 3. The first-order valence-electron chi connectivity index (χ1n) is 7.63. The van der Waals surface area contributed by atoms with Gasteiger partial charge in [-0.15, -0.1) is 0 Å². The van der Waals surface area contributed by atoms with E-state index in [-0.39, 0.29) is 29.8 Å². The number of aromatic amines is 1. The molecule has 0 unspecified atom stereocenters. The molecule has 1 saturated heterocycles. The number of ketones is 1. The summed E-state index contributed by atoms with van der Waals surface area (Å²) in [6, 6.07) is 0. The number of rotatable bonds is 6. The first kappa shape index (κ1) is 17.2. The fraction of sp³-hybridized carbons (Fsp3) is 0.562. The van der Waals surface area contributed by atoms with E-state index in [2.05, 4.69) is 10.3 Å². The molecule has 1 aliphatic heterocycles. The van der Waals surface area contributed by atoms with Gasteiger partial charge in [-0.05, 0) is 25.3 Å². The van der Waals surface area contributed by atoms with Crippen LogP contribution in [0.4, 0.5) is 0 Å². The summed E-state index contributed by atoms with van der Waals surface area (Å²) >= 11 is 0. The number of ether oxygens (including phenoxy) is 2. The number of carbonyl (C=O) groups is 3. The lowest BCUT2D eigenvalue weighted by atomic mass is 10.1. The molecule has 1 aromatic rings. The van der Waals surface area contributed by atoms with Crippen molar-refractivity contribution in [3.63, 3.8) is 0 Å². The van der Waals surface area contributed by atoms with Gasteiger partial charge >= 0.3 is 5.97 Å². The number of H-pyrrole nitrogens is 1. The van der Waals surface area contributed by atoms with Gasteiger partial charge in [0.1, 0.15) is 0 Å². The summed E-state index contributed by atoms with van der Waals surface area (Å²) in [5.41, 5.74) is 1.48. The topological polar surface area (TPSA) is 97.5 Å². The number of esters is 1. The Bertz CT molecular complexity index is 614. The smallest absolute Gasteiger partial charge is 0.339 e. The third-order valence-electron chi connectivity index (χ3n) is 3.96. The van der Waals surface area contributed by atoms with Gasteiger partial charge in [0.2, 0.25) is 5.91 Å². The van der Waals surface area contributed by atoms with Gasteiger partial charge in [-0.2, -0.15) is 0 Å². The summed E-state index contributed by atoms with van der Waals surface area (Å²) in [4.78, 5) is 38.5. The molecule has 1 atom stereocenters. The summed E-state index contributed by atoms with van der Waals surface area (Å²) in [5.74, 6) is -0.992. The van der Waals surface area contributed by atoms with Crippen LogP contribution in [0.25, 0.3) is 0 Å². The normalized spacial score (nSPS) is 17.1. The molecule has 0 bridgehead atoms. The Morgan fingerprint density at radius 3 is 2.70 bits per heavy atom. The van der Waals surface area contributed by atoms with Crippen molar-refractivity contribution in [2.24, 2.45) is 0 Å². The average molecular weight is 322 g/mol. The van der Waals surface area contributed by atoms with Crippen LogP contribution in [0.5, 0.6) is 0 Å². The lowest BCUT2D eigenvalue weighted by Gasteiger charge is -2.10. The van der Waals surface area contributed by atoms with E-state index in [1.54, 1.807) is 6.92 Å². The maximum atomic E-state index is 12.1. The number of aromatic nitrogens is 1. The maximum Gasteiger partial charge on any atom is 0.339 e. The quantitative estimate of drug-likeness (QED) is 0.605. The molecule has 2 heterocycles. The second-order valence-corrected chi connectivity index (χ2v) is 5.64.